The lowest BCUT2D eigenvalue weighted by Gasteiger charge is -2.12. The van der Waals surface area contributed by atoms with Gasteiger partial charge in [-0.25, -0.2) is 0 Å². The summed E-state index contributed by atoms with van der Waals surface area (Å²) in [4.78, 5) is 0. The van der Waals surface area contributed by atoms with Crippen LogP contribution in [0.5, 0.6) is 0 Å². The van der Waals surface area contributed by atoms with E-state index < -0.39 is 7.14 Å². The molecule has 0 saturated heterocycles. The summed E-state index contributed by atoms with van der Waals surface area (Å²) in [5, 5.41) is 0. The minimum atomic E-state index is -1.92. The molecule has 0 fully saturated rings. The average molecular weight is 164 g/mol. The topological polar surface area (TPSA) is 26.3 Å². The predicted molar refractivity (Wildman–Crippen MR) is 45.2 cm³/mol. The molecule has 2 nitrogen and oxygen atoms in total. The van der Waals surface area contributed by atoms with Crippen LogP contribution in [-0.4, -0.2) is 25.3 Å². The van der Waals surface area contributed by atoms with Gasteiger partial charge < -0.3 is 9.30 Å². The molecule has 0 aromatic heterocycles. The molecule has 0 unspecified atom stereocenters. The van der Waals surface area contributed by atoms with Crippen LogP contribution in [0, 0.1) is 0 Å². The van der Waals surface area contributed by atoms with Crippen molar-refractivity contribution in [3.63, 3.8) is 0 Å². The lowest BCUT2D eigenvalue weighted by atomic mass is 10.9. The van der Waals surface area contributed by atoms with E-state index in [0.717, 1.165) is 12.3 Å². The minimum Gasteiger partial charge on any atom is -0.374 e. The fraction of sp³-hybridized carbons (Fsp3) is 1.00. The Morgan fingerprint density at radius 3 is 2.00 bits per heavy atom. The van der Waals surface area contributed by atoms with E-state index in [-0.39, 0.29) is 0 Å². The molecule has 0 aliphatic heterocycles. The van der Waals surface area contributed by atoms with Crippen LogP contribution in [0.1, 0.15) is 20.8 Å². The lowest BCUT2D eigenvalue weighted by molar-refractivity contribution is 0.191. The molecule has 0 rings (SSSR count). The Morgan fingerprint density at radius 1 is 1.20 bits per heavy atom. The predicted octanol–water partition coefficient (Wildman–Crippen LogP) is 2.38. The second-order valence-electron chi connectivity index (χ2n) is 2.31. The van der Waals surface area contributed by atoms with Crippen molar-refractivity contribution in [3.05, 3.63) is 0 Å². The van der Waals surface area contributed by atoms with E-state index in [4.69, 9.17) is 4.74 Å². The standard InChI is InChI=1S/C7H17O2P/c1-4-9-7-10(8,5-2)6-3/h4-7H2,1-3H3. The van der Waals surface area contributed by atoms with Gasteiger partial charge in [-0.1, -0.05) is 13.8 Å². The van der Waals surface area contributed by atoms with Crippen LogP contribution in [0.15, 0.2) is 0 Å². The quantitative estimate of drug-likeness (QED) is 0.583. The molecule has 10 heavy (non-hydrogen) atoms. The molecule has 0 saturated carbocycles. The smallest absolute Gasteiger partial charge is 0.111 e. The van der Waals surface area contributed by atoms with E-state index in [1.54, 1.807) is 0 Å². The van der Waals surface area contributed by atoms with Crippen LogP contribution in [0.4, 0.5) is 0 Å². The molecular weight excluding hydrogens is 147 g/mol. The molecule has 3 heteroatoms. The van der Waals surface area contributed by atoms with Gasteiger partial charge in [0.2, 0.25) is 0 Å². The molecular formula is C7H17O2P. The van der Waals surface area contributed by atoms with Crippen molar-refractivity contribution in [1.29, 1.82) is 0 Å². The fourth-order valence-corrected chi connectivity index (χ4v) is 1.99. The van der Waals surface area contributed by atoms with E-state index in [0.29, 0.717) is 13.0 Å². The zero-order valence-corrected chi connectivity index (χ0v) is 7.99. The summed E-state index contributed by atoms with van der Waals surface area (Å²) in [5.41, 5.74) is 0. The Balaban J connectivity index is 3.70. The third-order valence-electron chi connectivity index (χ3n) is 1.68. The van der Waals surface area contributed by atoms with Crippen molar-refractivity contribution >= 4 is 7.14 Å². The molecule has 0 aliphatic carbocycles. The Bertz CT molecular complexity index is 115. The second kappa shape index (κ2) is 4.92. The first-order valence-electron chi connectivity index (χ1n) is 3.83. The maximum absolute atomic E-state index is 11.6. The van der Waals surface area contributed by atoms with E-state index in [1.165, 1.54) is 0 Å². The van der Waals surface area contributed by atoms with E-state index >= 15 is 0 Å². The fourth-order valence-electron chi connectivity index (χ4n) is 0.664. The molecule has 0 spiro atoms. The van der Waals surface area contributed by atoms with Crippen molar-refractivity contribution in [2.75, 3.05) is 25.3 Å². The first kappa shape index (κ1) is 10.2. The SMILES string of the molecule is CCOCP(=O)(CC)CC. The van der Waals surface area contributed by atoms with Crippen LogP contribution in [0.3, 0.4) is 0 Å². The van der Waals surface area contributed by atoms with E-state index in [9.17, 15) is 4.57 Å². The molecule has 0 radical (unpaired) electrons. The number of ether oxygens (including phenoxy) is 1. The van der Waals surface area contributed by atoms with Gasteiger partial charge in [-0.15, -0.1) is 0 Å². The molecule has 0 heterocycles. The third kappa shape index (κ3) is 3.38. The van der Waals surface area contributed by atoms with Gasteiger partial charge in [0.25, 0.3) is 0 Å². The maximum Gasteiger partial charge on any atom is 0.111 e. The molecule has 0 aliphatic rings. The first-order valence-corrected chi connectivity index (χ1v) is 6.09. The van der Waals surface area contributed by atoms with Crippen molar-refractivity contribution in [2.45, 2.75) is 20.8 Å². The highest BCUT2D eigenvalue weighted by molar-refractivity contribution is 7.63. The van der Waals surface area contributed by atoms with Crippen molar-refractivity contribution in [1.82, 2.24) is 0 Å². The van der Waals surface area contributed by atoms with Gasteiger partial charge in [-0.2, -0.15) is 0 Å². The first-order chi connectivity index (χ1) is 4.68. The summed E-state index contributed by atoms with van der Waals surface area (Å²) in [6.45, 7) is 6.52. The molecule has 0 aromatic carbocycles. The Kier molecular flexibility index (Phi) is 5.02. The van der Waals surface area contributed by atoms with Gasteiger partial charge >= 0.3 is 0 Å². The minimum absolute atomic E-state index is 0.469. The molecule has 0 bridgehead atoms. The molecule has 62 valence electrons. The number of rotatable bonds is 5. The zero-order valence-electron chi connectivity index (χ0n) is 7.09. The van der Waals surface area contributed by atoms with Gasteiger partial charge in [0.05, 0.1) is 6.35 Å². The van der Waals surface area contributed by atoms with Crippen LogP contribution in [-0.2, 0) is 9.30 Å². The maximum atomic E-state index is 11.6. The summed E-state index contributed by atoms with van der Waals surface area (Å²) < 4.78 is 16.7. The molecule has 0 N–H and O–H groups in total. The van der Waals surface area contributed by atoms with Gasteiger partial charge in [0.15, 0.2) is 0 Å². The van der Waals surface area contributed by atoms with Gasteiger partial charge in [0, 0.05) is 18.9 Å². The Labute approximate surface area is 63.3 Å². The highest BCUT2D eigenvalue weighted by Crippen LogP contribution is 2.44. The summed E-state index contributed by atoms with van der Waals surface area (Å²) in [6, 6.07) is 0. The van der Waals surface area contributed by atoms with E-state index in [2.05, 4.69) is 0 Å². The molecule has 0 amide bonds. The van der Waals surface area contributed by atoms with Gasteiger partial charge in [0.1, 0.15) is 7.14 Å². The highest BCUT2D eigenvalue weighted by Gasteiger charge is 2.15. The highest BCUT2D eigenvalue weighted by atomic mass is 31.2. The van der Waals surface area contributed by atoms with Crippen LogP contribution >= 0.6 is 7.14 Å². The van der Waals surface area contributed by atoms with Crippen LogP contribution in [0.25, 0.3) is 0 Å². The monoisotopic (exact) mass is 164 g/mol. The largest absolute Gasteiger partial charge is 0.374 e. The van der Waals surface area contributed by atoms with Gasteiger partial charge in [-0.3, -0.25) is 0 Å². The van der Waals surface area contributed by atoms with Crippen molar-refractivity contribution in [2.24, 2.45) is 0 Å². The van der Waals surface area contributed by atoms with Crippen molar-refractivity contribution in [3.8, 4) is 0 Å². The average Bonchev–Trinajstić information content (AvgIpc) is 2.00. The molecule has 0 aromatic rings. The lowest BCUT2D eigenvalue weighted by Crippen LogP contribution is -1.99. The summed E-state index contributed by atoms with van der Waals surface area (Å²) in [5.74, 6) is 0. The number of hydrogen-bond donors (Lipinski definition) is 0. The Morgan fingerprint density at radius 2 is 1.70 bits per heavy atom. The van der Waals surface area contributed by atoms with E-state index in [1.807, 2.05) is 20.8 Å². The summed E-state index contributed by atoms with van der Waals surface area (Å²) >= 11 is 0. The summed E-state index contributed by atoms with van der Waals surface area (Å²) in [6.07, 6.45) is 2.00. The van der Waals surface area contributed by atoms with Crippen LogP contribution in [0.2, 0.25) is 0 Å². The zero-order chi connectivity index (χ0) is 8.04. The van der Waals surface area contributed by atoms with Gasteiger partial charge in [-0.05, 0) is 6.92 Å². The number of hydrogen-bond acceptors (Lipinski definition) is 2. The Hall–Kier alpha value is 0.190. The van der Waals surface area contributed by atoms with Crippen molar-refractivity contribution < 1.29 is 9.30 Å². The molecule has 0 atom stereocenters. The summed E-state index contributed by atoms with van der Waals surface area (Å²) in [7, 11) is -1.92. The normalized spacial score (nSPS) is 11.9. The second-order valence-corrected chi connectivity index (χ2v) is 5.95. The third-order valence-corrected chi connectivity index (χ3v) is 4.64. The van der Waals surface area contributed by atoms with Crippen LogP contribution < -0.4 is 0 Å².